The van der Waals surface area contributed by atoms with Crippen LogP contribution in [-0.4, -0.2) is 20.9 Å². The SMILES string of the molecule is Cc1cccnc1-c1noc(CSCC#N)n1. The van der Waals surface area contributed by atoms with E-state index in [2.05, 4.69) is 15.1 Å². The average molecular weight is 246 g/mol. The lowest BCUT2D eigenvalue weighted by Gasteiger charge is -1.96. The highest BCUT2D eigenvalue weighted by molar-refractivity contribution is 7.98. The highest BCUT2D eigenvalue weighted by Crippen LogP contribution is 2.18. The lowest BCUT2D eigenvalue weighted by Crippen LogP contribution is -1.89. The molecule has 0 aliphatic heterocycles. The molecule has 0 saturated carbocycles. The molecule has 0 spiro atoms. The Labute approximate surface area is 103 Å². The molecule has 0 aromatic carbocycles. The molecule has 0 fully saturated rings. The molecular formula is C11H10N4OS. The van der Waals surface area contributed by atoms with Crippen LogP contribution in [0.1, 0.15) is 11.5 Å². The minimum atomic E-state index is 0.417. The largest absolute Gasteiger partial charge is 0.338 e. The Morgan fingerprint density at radius 1 is 1.53 bits per heavy atom. The van der Waals surface area contributed by atoms with Gasteiger partial charge in [0, 0.05) is 6.20 Å². The van der Waals surface area contributed by atoms with Crippen LogP contribution in [-0.2, 0) is 5.75 Å². The fourth-order valence-corrected chi connectivity index (χ4v) is 1.80. The summed E-state index contributed by atoms with van der Waals surface area (Å²) in [5.41, 5.74) is 1.73. The number of aromatic nitrogens is 3. The molecular weight excluding hydrogens is 236 g/mol. The van der Waals surface area contributed by atoms with Gasteiger partial charge in [0.2, 0.25) is 11.7 Å². The van der Waals surface area contributed by atoms with Gasteiger partial charge >= 0.3 is 0 Å². The van der Waals surface area contributed by atoms with Gasteiger partial charge in [-0.15, -0.1) is 11.8 Å². The molecule has 0 bridgehead atoms. The van der Waals surface area contributed by atoms with Crippen LogP contribution in [0.15, 0.2) is 22.9 Å². The summed E-state index contributed by atoms with van der Waals surface area (Å²) in [6.07, 6.45) is 1.70. The third-order valence-electron chi connectivity index (χ3n) is 2.08. The molecule has 5 nitrogen and oxygen atoms in total. The molecule has 86 valence electrons. The van der Waals surface area contributed by atoms with Gasteiger partial charge in [0.05, 0.1) is 17.6 Å². The second-order valence-corrected chi connectivity index (χ2v) is 4.32. The van der Waals surface area contributed by atoms with Crippen molar-refractivity contribution in [3.8, 4) is 17.6 Å². The van der Waals surface area contributed by atoms with Crippen LogP contribution < -0.4 is 0 Å². The maximum Gasteiger partial charge on any atom is 0.237 e. The van der Waals surface area contributed by atoms with Crippen LogP contribution in [0, 0.1) is 18.3 Å². The number of hydrogen-bond donors (Lipinski definition) is 0. The van der Waals surface area contributed by atoms with Crippen LogP contribution >= 0.6 is 11.8 Å². The fourth-order valence-electron chi connectivity index (χ4n) is 1.31. The van der Waals surface area contributed by atoms with Crippen molar-refractivity contribution >= 4 is 11.8 Å². The van der Waals surface area contributed by atoms with Crippen molar-refractivity contribution < 1.29 is 4.52 Å². The molecule has 0 radical (unpaired) electrons. The van der Waals surface area contributed by atoms with Gasteiger partial charge in [-0.2, -0.15) is 10.2 Å². The molecule has 17 heavy (non-hydrogen) atoms. The summed E-state index contributed by atoms with van der Waals surface area (Å²) >= 11 is 1.44. The zero-order chi connectivity index (χ0) is 12.1. The number of nitriles is 1. The van der Waals surface area contributed by atoms with Crippen LogP contribution in [0.5, 0.6) is 0 Å². The van der Waals surface area contributed by atoms with Crippen molar-refractivity contribution in [2.75, 3.05) is 5.75 Å². The van der Waals surface area contributed by atoms with E-state index >= 15 is 0 Å². The molecule has 0 aliphatic carbocycles. The zero-order valence-corrected chi connectivity index (χ0v) is 10.1. The summed E-state index contributed by atoms with van der Waals surface area (Å²) in [5.74, 6) is 1.98. The summed E-state index contributed by atoms with van der Waals surface area (Å²) in [4.78, 5) is 8.46. The smallest absolute Gasteiger partial charge is 0.237 e. The van der Waals surface area contributed by atoms with Gasteiger partial charge < -0.3 is 4.52 Å². The Balaban J connectivity index is 2.14. The van der Waals surface area contributed by atoms with E-state index in [0.717, 1.165) is 11.3 Å². The molecule has 0 N–H and O–H groups in total. The standard InChI is InChI=1S/C11H10N4OS/c1-8-3-2-5-13-10(8)11-14-9(16-15-11)7-17-6-4-12/h2-3,5H,6-7H2,1H3. The molecule has 2 rings (SSSR count). The Morgan fingerprint density at radius 3 is 3.18 bits per heavy atom. The van der Waals surface area contributed by atoms with E-state index in [4.69, 9.17) is 9.78 Å². The molecule has 6 heteroatoms. The first-order chi connectivity index (χ1) is 8.31. The Morgan fingerprint density at radius 2 is 2.41 bits per heavy atom. The molecule has 2 heterocycles. The summed E-state index contributed by atoms with van der Waals surface area (Å²) in [5, 5.41) is 12.3. The molecule has 0 aliphatic rings. The Kier molecular flexibility index (Phi) is 3.73. The monoisotopic (exact) mass is 246 g/mol. The molecule has 2 aromatic rings. The quantitative estimate of drug-likeness (QED) is 0.770. The molecule has 0 atom stereocenters. The predicted molar refractivity (Wildman–Crippen MR) is 64.0 cm³/mol. The van der Waals surface area contributed by atoms with E-state index in [9.17, 15) is 0 Å². The first kappa shape index (κ1) is 11.6. The third kappa shape index (κ3) is 2.82. The average Bonchev–Trinajstić information content (AvgIpc) is 2.79. The lowest BCUT2D eigenvalue weighted by atomic mass is 10.2. The summed E-state index contributed by atoms with van der Waals surface area (Å²) < 4.78 is 5.09. The van der Waals surface area contributed by atoms with Crippen molar-refractivity contribution in [3.05, 3.63) is 29.8 Å². The summed E-state index contributed by atoms with van der Waals surface area (Å²) in [6.45, 7) is 1.95. The van der Waals surface area contributed by atoms with Gasteiger partial charge in [-0.1, -0.05) is 11.2 Å². The van der Waals surface area contributed by atoms with Crippen molar-refractivity contribution in [2.45, 2.75) is 12.7 Å². The van der Waals surface area contributed by atoms with E-state index in [-0.39, 0.29) is 0 Å². The Hall–Kier alpha value is -1.87. The normalized spacial score (nSPS) is 10.1. The van der Waals surface area contributed by atoms with Gasteiger partial charge in [0.15, 0.2) is 0 Å². The zero-order valence-electron chi connectivity index (χ0n) is 9.25. The van der Waals surface area contributed by atoms with Crippen LogP contribution in [0.25, 0.3) is 11.5 Å². The minimum absolute atomic E-state index is 0.417. The molecule has 0 amide bonds. The van der Waals surface area contributed by atoms with Crippen molar-refractivity contribution in [3.63, 3.8) is 0 Å². The molecule has 0 saturated heterocycles. The second-order valence-electron chi connectivity index (χ2n) is 3.33. The maximum atomic E-state index is 8.42. The number of nitrogens with zero attached hydrogens (tertiary/aromatic N) is 4. The van der Waals surface area contributed by atoms with E-state index in [1.165, 1.54) is 11.8 Å². The highest BCUT2D eigenvalue weighted by atomic mass is 32.2. The van der Waals surface area contributed by atoms with E-state index in [1.54, 1.807) is 6.20 Å². The van der Waals surface area contributed by atoms with Gasteiger partial charge in [-0.05, 0) is 18.6 Å². The van der Waals surface area contributed by atoms with Gasteiger partial charge in [-0.25, -0.2) is 0 Å². The lowest BCUT2D eigenvalue weighted by molar-refractivity contribution is 0.391. The van der Waals surface area contributed by atoms with Crippen LogP contribution in [0.2, 0.25) is 0 Å². The van der Waals surface area contributed by atoms with Crippen molar-refractivity contribution in [1.29, 1.82) is 5.26 Å². The number of aryl methyl sites for hydroxylation is 1. The second kappa shape index (κ2) is 5.46. The maximum absolute atomic E-state index is 8.42. The predicted octanol–water partition coefficient (Wildman–Crippen LogP) is 2.20. The Bertz CT molecular complexity index is 546. The van der Waals surface area contributed by atoms with Crippen molar-refractivity contribution in [1.82, 2.24) is 15.1 Å². The first-order valence-electron chi connectivity index (χ1n) is 5.00. The van der Waals surface area contributed by atoms with Gasteiger partial charge in [0.1, 0.15) is 5.69 Å². The van der Waals surface area contributed by atoms with Crippen LogP contribution in [0.3, 0.4) is 0 Å². The minimum Gasteiger partial charge on any atom is -0.338 e. The van der Waals surface area contributed by atoms with Crippen LogP contribution in [0.4, 0.5) is 0 Å². The van der Waals surface area contributed by atoms with Gasteiger partial charge in [-0.3, -0.25) is 4.98 Å². The summed E-state index contributed by atoms with van der Waals surface area (Å²) in [7, 11) is 0. The number of hydrogen-bond acceptors (Lipinski definition) is 6. The van der Waals surface area contributed by atoms with E-state index in [0.29, 0.717) is 23.2 Å². The fraction of sp³-hybridized carbons (Fsp3) is 0.273. The molecule has 2 aromatic heterocycles. The number of pyridine rings is 1. The number of rotatable bonds is 4. The van der Waals surface area contributed by atoms with E-state index in [1.807, 2.05) is 25.1 Å². The molecule has 0 unspecified atom stereocenters. The topological polar surface area (TPSA) is 75.6 Å². The number of thioether (sulfide) groups is 1. The summed E-state index contributed by atoms with van der Waals surface area (Å²) in [6, 6.07) is 5.86. The van der Waals surface area contributed by atoms with E-state index < -0.39 is 0 Å². The van der Waals surface area contributed by atoms with Crippen molar-refractivity contribution in [2.24, 2.45) is 0 Å². The highest BCUT2D eigenvalue weighted by Gasteiger charge is 2.11. The first-order valence-corrected chi connectivity index (χ1v) is 6.16. The third-order valence-corrected chi connectivity index (χ3v) is 2.87. The van der Waals surface area contributed by atoms with Gasteiger partial charge in [0.25, 0.3) is 0 Å².